The molecule has 3 unspecified atom stereocenters. The molecule has 0 aromatic rings. The maximum atomic E-state index is 12.4. The molecule has 238 valence electrons. The number of hydrogen-bond donors (Lipinski definition) is 3. The Kier molecular flexibility index (Phi) is 27.8. The van der Waals surface area contributed by atoms with Gasteiger partial charge in [0.05, 0.1) is 26.4 Å². The molecule has 0 heterocycles. The molecule has 0 amide bonds. The van der Waals surface area contributed by atoms with Crippen molar-refractivity contribution in [2.45, 2.75) is 142 Å². The monoisotopic (exact) mass is 594 g/mol. The Morgan fingerprint density at radius 2 is 1.30 bits per heavy atom. The molecule has 0 saturated heterocycles. The van der Waals surface area contributed by atoms with Gasteiger partial charge in [-0.1, -0.05) is 103 Å². The van der Waals surface area contributed by atoms with Gasteiger partial charge in [-0.05, 0) is 32.1 Å². The zero-order valence-corrected chi connectivity index (χ0v) is 26.2. The van der Waals surface area contributed by atoms with Gasteiger partial charge in [-0.25, -0.2) is 4.57 Å². The van der Waals surface area contributed by atoms with Crippen molar-refractivity contribution in [1.29, 1.82) is 0 Å². The van der Waals surface area contributed by atoms with Gasteiger partial charge in [0.25, 0.3) is 0 Å². The second kappa shape index (κ2) is 28.3. The molecule has 0 aliphatic carbocycles. The molecule has 3 atom stereocenters. The fourth-order valence-electron chi connectivity index (χ4n) is 3.98. The molecule has 9 nitrogen and oxygen atoms in total. The molecule has 0 aromatic heterocycles. The van der Waals surface area contributed by atoms with E-state index in [1.54, 1.807) is 0 Å². The van der Waals surface area contributed by atoms with Crippen LogP contribution in [0.25, 0.3) is 0 Å². The number of carbonyl (C=O) groups excluding carboxylic acids is 1. The summed E-state index contributed by atoms with van der Waals surface area (Å²) in [5, 5.41) is 18.1. The van der Waals surface area contributed by atoms with E-state index in [1.165, 1.54) is 64.2 Å². The number of carbonyl (C=O) groups is 1. The van der Waals surface area contributed by atoms with Gasteiger partial charge < -0.3 is 24.6 Å². The fourth-order valence-corrected chi connectivity index (χ4v) is 4.77. The fraction of sp³-hybridized carbons (Fsp3) is 0.900. The highest BCUT2D eigenvalue weighted by Gasteiger charge is 2.26. The Balaban J connectivity index is 4.29. The maximum absolute atomic E-state index is 12.4. The van der Waals surface area contributed by atoms with Gasteiger partial charge in [0.15, 0.2) is 0 Å². The minimum Gasteiger partial charge on any atom is -0.457 e. The highest BCUT2D eigenvalue weighted by atomic mass is 31.2. The number of allylic oxidation sites excluding steroid dienone is 2. The molecule has 10 heteroatoms. The SMILES string of the molecule is CCCC/C=C\CCCCCCCCOCC(COP(=O)(O)OCC(O)CO)OC(=O)CCCCCCCCC. The van der Waals surface area contributed by atoms with Crippen LogP contribution in [0.1, 0.15) is 129 Å². The predicted octanol–water partition coefficient (Wildman–Crippen LogP) is 7.02. The van der Waals surface area contributed by atoms with Crippen LogP contribution in [0.5, 0.6) is 0 Å². The van der Waals surface area contributed by atoms with Crippen molar-refractivity contribution < 1.29 is 43.0 Å². The average molecular weight is 595 g/mol. The van der Waals surface area contributed by atoms with Crippen molar-refractivity contribution >= 4 is 13.8 Å². The highest BCUT2D eigenvalue weighted by molar-refractivity contribution is 7.47. The van der Waals surface area contributed by atoms with Gasteiger partial charge >= 0.3 is 13.8 Å². The number of ether oxygens (including phenoxy) is 2. The second-order valence-electron chi connectivity index (χ2n) is 10.5. The number of hydrogen-bond acceptors (Lipinski definition) is 8. The summed E-state index contributed by atoms with van der Waals surface area (Å²) in [6.07, 6.45) is 21.9. The lowest BCUT2D eigenvalue weighted by molar-refractivity contribution is -0.154. The van der Waals surface area contributed by atoms with Crippen molar-refractivity contribution in [2.75, 3.05) is 33.0 Å². The van der Waals surface area contributed by atoms with Crippen LogP contribution in [0, 0.1) is 0 Å². The molecule has 0 aromatic carbocycles. The van der Waals surface area contributed by atoms with Crippen LogP contribution in [0.2, 0.25) is 0 Å². The van der Waals surface area contributed by atoms with Crippen LogP contribution in [0.3, 0.4) is 0 Å². The summed E-state index contributed by atoms with van der Waals surface area (Å²) in [6.45, 7) is 3.40. The standard InChI is InChI=1S/C30H59O9P/c1-3-5-7-9-11-12-13-14-15-17-19-21-23-36-26-29(27-38-40(34,35)37-25-28(32)24-31)39-30(33)22-20-18-16-10-8-6-4-2/h9,11,28-29,31-32H,3-8,10,12-27H2,1-2H3,(H,34,35)/b11-9-. The van der Waals surface area contributed by atoms with Crippen LogP contribution in [-0.4, -0.2) is 66.3 Å². The molecule has 3 N–H and O–H groups in total. The summed E-state index contributed by atoms with van der Waals surface area (Å²) in [6, 6.07) is 0. The van der Waals surface area contributed by atoms with Crippen molar-refractivity contribution in [3.05, 3.63) is 12.2 Å². The Hall–Kier alpha value is -0.800. The number of aliphatic hydroxyl groups excluding tert-OH is 2. The van der Waals surface area contributed by atoms with Crippen LogP contribution in [0.15, 0.2) is 12.2 Å². The number of phosphoric ester groups is 1. The topological polar surface area (TPSA) is 132 Å². The predicted molar refractivity (Wildman–Crippen MR) is 159 cm³/mol. The first-order chi connectivity index (χ1) is 19.3. The van der Waals surface area contributed by atoms with Crippen LogP contribution >= 0.6 is 7.82 Å². The molecule has 0 fully saturated rings. The molecule has 0 rings (SSSR count). The molecule has 0 aliphatic heterocycles. The lowest BCUT2D eigenvalue weighted by Gasteiger charge is -2.20. The lowest BCUT2D eigenvalue weighted by Crippen LogP contribution is -2.29. The van der Waals surface area contributed by atoms with Crippen LogP contribution in [0.4, 0.5) is 0 Å². The van der Waals surface area contributed by atoms with E-state index in [0.717, 1.165) is 44.9 Å². The Bertz CT molecular complexity index is 645. The number of esters is 1. The number of unbranched alkanes of at least 4 members (excludes halogenated alkanes) is 14. The quantitative estimate of drug-likeness (QED) is 0.0347. The van der Waals surface area contributed by atoms with Crippen LogP contribution < -0.4 is 0 Å². The third kappa shape index (κ3) is 27.4. The van der Waals surface area contributed by atoms with Gasteiger partial charge in [-0.3, -0.25) is 13.8 Å². The zero-order chi connectivity index (χ0) is 29.7. The van der Waals surface area contributed by atoms with Crippen molar-refractivity contribution in [2.24, 2.45) is 0 Å². The Morgan fingerprint density at radius 3 is 1.95 bits per heavy atom. The zero-order valence-electron chi connectivity index (χ0n) is 25.3. The minimum absolute atomic E-state index is 0.0480. The van der Waals surface area contributed by atoms with E-state index in [1.807, 2.05) is 0 Å². The normalized spacial score (nSPS) is 14.8. The van der Waals surface area contributed by atoms with E-state index >= 15 is 0 Å². The second-order valence-corrected chi connectivity index (χ2v) is 11.9. The summed E-state index contributed by atoms with van der Waals surface area (Å²) < 4.78 is 32.9. The largest absolute Gasteiger partial charge is 0.472 e. The molecule has 0 spiro atoms. The molecule has 0 radical (unpaired) electrons. The smallest absolute Gasteiger partial charge is 0.457 e. The summed E-state index contributed by atoms with van der Waals surface area (Å²) in [7, 11) is -4.49. The first-order valence-electron chi connectivity index (χ1n) is 15.7. The van der Waals surface area contributed by atoms with Crippen molar-refractivity contribution in [3.8, 4) is 0 Å². The van der Waals surface area contributed by atoms with E-state index in [9.17, 15) is 19.4 Å². The number of phosphoric acid groups is 1. The first-order valence-corrected chi connectivity index (χ1v) is 17.2. The molecular weight excluding hydrogens is 535 g/mol. The van der Waals surface area contributed by atoms with Gasteiger partial charge in [0, 0.05) is 13.0 Å². The number of rotatable bonds is 30. The van der Waals surface area contributed by atoms with E-state index in [0.29, 0.717) is 6.61 Å². The van der Waals surface area contributed by atoms with Gasteiger partial charge in [0.1, 0.15) is 12.2 Å². The maximum Gasteiger partial charge on any atom is 0.472 e. The average Bonchev–Trinajstić information content (AvgIpc) is 2.94. The summed E-state index contributed by atoms with van der Waals surface area (Å²) in [4.78, 5) is 22.2. The third-order valence-electron chi connectivity index (χ3n) is 6.45. The summed E-state index contributed by atoms with van der Waals surface area (Å²) in [5.41, 5.74) is 0. The molecular formula is C30H59O9P. The van der Waals surface area contributed by atoms with E-state index in [-0.39, 0.29) is 19.6 Å². The molecule has 40 heavy (non-hydrogen) atoms. The van der Waals surface area contributed by atoms with Crippen LogP contribution in [-0.2, 0) is 27.9 Å². The minimum atomic E-state index is -4.49. The van der Waals surface area contributed by atoms with Crippen molar-refractivity contribution in [3.63, 3.8) is 0 Å². The van der Waals surface area contributed by atoms with Crippen molar-refractivity contribution in [1.82, 2.24) is 0 Å². The third-order valence-corrected chi connectivity index (χ3v) is 7.40. The van der Waals surface area contributed by atoms with Gasteiger partial charge in [0.2, 0.25) is 0 Å². The Labute approximate surface area is 243 Å². The summed E-state index contributed by atoms with van der Waals surface area (Å²) >= 11 is 0. The van der Waals surface area contributed by atoms with Gasteiger partial charge in [-0.15, -0.1) is 0 Å². The van der Waals surface area contributed by atoms with E-state index in [4.69, 9.17) is 19.1 Å². The van der Waals surface area contributed by atoms with E-state index < -0.39 is 39.2 Å². The number of aliphatic hydroxyl groups is 2. The highest BCUT2D eigenvalue weighted by Crippen LogP contribution is 2.43. The molecule has 0 aliphatic rings. The molecule has 0 saturated carbocycles. The van der Waals surface area contributed by atoms with E-state index in [2.05, 4.69) is 30.5 Å². The first kappa shape index (κ1) is 39.2. The van der Waals surface area contributed by atoms with Gasteiger partial charge in [-0.2, -0.15) is 0 Å². The Morgan fingerprint density at radius 1 is 0.750 bits per heavy atom. The lowest BCUT2D eigenvalue weighted by atomic mass is 10.1. The summed E-state index contributed by atoms with van der Waals surface area (Å²) in [5.74, 6) is -0.393. The molecule has 0 bridgehead atoms.